The van der Waals surface area contributed by atoms with Gasteiger partial charge in [-0.25, -0.2) is 4.39 Å². The molecule has 2 N–H and O–H groups in total. The van der Waals surface area contributed by atoms with Gasteiger partial charge in [0, 0.05) is 12.6 Å². The zero-order valence-corrected chi connectivity index (χ0v) is 10.3. The number of hydrogen-bond acceptors (Lipinski definition) is 2. The molecule has 0 saturated heterocycles. The summed E-state index contributed by atoms with van der Waals surface area (Å²) in [5.41, 5.74) is 0.488. The van der Waals surface area contributed by atoms with Gasteiger partial charge >= 0.3 is 0 Å². The summed E-state index contributed by atoms with van der Waals surface area (Å²) in [5, 5.41) is 11.6. The zero-order chi connectivity index (χ0) is 13.0. The number of carbonyl (C=O) groups excluding carboxylic acids is 1. The van der Waals surface area contributed by atoms with E-state index in [0.717, 1.165) is 0 Å². The highest BCUT2D eigenvalue weighted by Crippen LogP contribution is 2.12. The highest BCUT2D eigenvalue weighted by Gasteiger charge is 2.18. The maximum atomic E-state index is 13.7. The van der Waals surface area contributed by atoms with Crippen LogP contribution in [0.3, 0.4) is 0 Å². The van der Waals surface area contributed by atoms with E-state index in [9.17, 15) is 9.18 Å². The van der Waals surface area contributed by atoms with Crippen molar-refractivity contribution < 1.29 is 14.3 Å². The predicted molar refractivity (Wildman–Crippen MR) is 64.3 cm³/mol. The first-order chi connectivity index (χ1) is 7.97. The molecule has 17 heavy (non-hydrogen) atoms. The van der Waals surface area contributed by atoms with E-state index in [1.807, 2.05) is 6.92 Å². The second-order valence-electron chi connectivity index (χ2n) is 4.36. The normalized spacial score (nSPS) is 14.2. The van der Waals surface area contributed by atoms with Crippen molar-refractivity contribution in [2.45, 2.75) is 26.8 Å². The number of aliphatic hydroxyl groups is 1. The van der Waals surface area contributed by atoms with E-state index >= 15 is 0 Å². The van der Waals surface area contributed by atoms with Crippen molar-refractivity contribution in [3.63, 3.8) is 0 Å². The lowest BCUT2D eigenvalue weighted by atomic mass is 10.0. The Balaban J connectivity index is 2.80. The van der Waals surface area contributed by atoms with Crippen LogP contribution in [0, 0.1) is 18.7 Å². The standard InChI is InChI=1S/C13H18FNO2/c1-8-5-4-6-11(12(8)14)13(17)15-10(3)9(2)7-16/h4-6,9-10,16H,7H2,1-3H3,(H,15,17). The minimum Gasteiger partial charge on any atom is -0.396 e. The second-order valence-corrected chi connectivity index (χ2v) is 4.36. The average Bonchev–Trinajstić information content (AvgIpc) is 2.31. The summed E-state index contributed by atoms with van der Waals surface area (Å²) in [6.07, 6.45) is 0. The van der Waals surface area contributed by atoms with Gasteiger partial charge in [0.1, 0.15) is 5.82 Å². The van der Waals surface area contributed by atoms with Gasteiger partial charge in [-0.3, -0.25) is 4.79 Å². The number of rotatable bonds is 4. The van der Waals surface area contributed by atoms with Crippen LogP contribution in [-0.2, 0) is 0 Å². The molecule has 0 aromatic heterocycles. The molecule has 0 saturated carbocycles. The molecular formula is C13H18FNO2. The largest absolute Gasteiger partial charge is 0.396 e. The van der Waals surface area contributed by atoms with E-state index in [1.54, 1.807) is 26.0 Å². The van der Waals surface area contributed by atoms with E-state index in [2.05, 4.69) is 5.32 Å². The molecule has 1 aromatic carbocycles. The third kappa shape index (κ3) is 3.27. The highest BCUT2D eigenvalue weighted by molar-refractivity contribution is 5.94. The molecule has 0 aliphatic heterocycles. The van der Waals surface area contributed by atoms with E-state index in [1.165, 1.54) is 6.07 Å². The van der Waals surface area contributed by atoms with E-state index in [4.69, 9.17) is 5.11 Å². The number of halogens is 1. The molecule has 1 amide bonds. The Hall–Kier alpha value is -1.42. The Kier molecular flexibility index (Phi) is 4.63. The van der Waals surface area contributed by atoms with Gasteiger partial charge in [-0.15, -0.1) is 0 Å². The van der Waals surface area contributed by atoms with Crippen molar-refractivity contribution in [3.8, 4) is 0 Å². The monoisotopic (exact) mass is 239 g/mol. The van der Waals surface area contributed by atoms with Crippen molar-refractivity contribution >= 4 is 5.91 Å². The Morgan fingerprint density at radius 3 is 2.71 bits per heavy atom. The number of carbonyl (C=O) groups is 1. The summed E-state index contributed by atoms with van der Waals surface area (Å²) >= 11 is 0. The van der Waals surface area contributed by atoms with E-state index in [-0.39, 0.29) is 24.1 Å². The van der Waals surface area contributed by atoms with Crippen LogP contribution < -0.4 is 5.32 Å². The lowest BCUT2D eigenvalue weighted by Gasteiger charge is -2.19. The summed E-state index contributed by atoms with van der Waals surface area (Å²) in [6.45, 7) is 5.20. The topological polar surface area (TPSA) is 49.3 Å². The SMILES string of the molecule is Cc1cccc(C(=O)NC(C)C(C)CO)c1F. The highest BCUT2D eigenvalue weighted by atomic mass is 19.1. The molecule has 0 heterocycles. The molecule has 4 heteroatoms. The molecule has 0 radical (unpaired) electrons. The summed E-state index contributed by atoms with van der Waals surface area (Å²) in [5.74, 6) is -1.00. The number of benzene rings is 1. The van der Waals surface area contributed by atoms with Gasteiger partial charge in [0.25, 0.3) is 5.91 Å². The average molecular weight is 239 g/mol. The number of hydrogen-bond donors (Lipinski definition) is 2. The molecule has 3 nitrogen and oxygen atoms in total. The van der Waals surface area contributed by atoms with E-state index in [0.29, 0.717) is 5.56 Å². The van der Waals surface area contributed by atoms with Crippen molar-refractivity contribution in [1.29, 1.82) is 0 Å². The first-order valence-electron chi connectivity index (χ1n) is 5.64. The first-order valence-corrected chi connectivity index (χ1v) is 5.64. The van der Waals surface area contributed by atoms with Gasteiger partial charge in [0.15, 0.2) is 0 Å². The summed E-state index contributed by atoms with van der Waals surface area (Å²) in [4.78, 5) is 11.8. The third-order valence-corrected chi connectivity index (χ3v) is 2.94. The lowest BCUT2D eigenvalue weighted by Crippen LogP contribution is -2.38. The van der Waals surface area contributed by atoms with Crippen LogP contribution in [0.2, 0.25) is 0 Å². The number of nitrogens with one attached hydrogen (secondary N) is 1. The molecule has 0 fully saturated rings. The van der Waals surface area contributed by atoms with Gasteiger partial charge in [-0.2, -0.15) is 0 Å². The first kappa shape index (κ1) is 13.6. The molecule has 1 rings (SSSR count). The van der Waals surface area contributed by atoms with Crippen LogP contribution >= 0.6 is 0 Å². The predicted octanol–water partition coefficient (Wildman–Crippen LogP) is 1.88. The van der Waals surface area contributed by atoms with Crippen LogP contribution in [0.15, 0.2) is 18.2 Å². The summed E-state index contributed by atoms with van der Waals surface area (Å²) < 4.78 is 13.7. The van der Waals surface area contributed by atoms with Crippen LogP contribution in [0.1, 0.15) is 29.8 Å². The molecular weight excluding hydrogens is 221 g/mol. The van der Waals surface area contributed by atoms with Gasteiger partial charge in [0.05, 0.1) is 5.56 Å². The summed E-state index contributed by atoms with van der Waals surface area (Å²) in [7, 11) is 0. The molecule has 94 valence electrons. The second kappa shape index (κ2) is 5.77. The molecule has 2 atom stereocenters. The van der Waals surface area contributed by atoms with Crippen LogP contribution in [0.25, 0.3) is 0 Å². The molecule has 2 unspecified atom stereocenters. The summed E-state index contributed by atoms with van der Waals surface area (Å²) in [6, 6.07) is 4.51. The third-order valence-electron chi connectivity index (χ3n) is 2.94. The van der Waals surface area contributed by atoms with Gasteiger partial charge in [0.2, 0.25) is 0 Å². The Morgan fingerprint density at radius 1 is 1.47 bits per heavy atom. The van der Waals surface area contributed by atoms with Crippen LogP contribution in [-0.4, -0.2) is 23.7 Å². The maximum Gasteiger partial charge on any atom is 0.254 e. The smallest absolute Gasteiger partial charge is 0.254 e. The van der Waals surface area contributed by atoms with Gasteiger partial charge in [-0.1, -0.05) is 19.1 Å². The fourth-order valence-electron chi connectivity index (χ4n) is 1.41. The van der Waals surface area contributed by atoms with Crippen molar-refractivity contribution in [1.82, 2.24) is 5.32 Å². The zero-order valence-electron chi connectivity index (χ0n) is 10.3. The molecule has 0 spiro atoms. The number of aryl methyl sites for hydroxylation is 1. The Morgan fingerprint density at radius 2 is 2.12 bits per heavy atom. The molecule has 0 aliphatic carbocycles. The maximum absolute atomic E-state index is 13.7. The minimum atomic E-state index is -0.492. The molecule has 0 bridgehead atoms. The quantitative estimate of drug-likeness (QED) is 0.842. The van der Waals surface area contributed by atoms with Crippen molar-refractivity contribution in [2.75, 3.05) is 6.61 Å². The lowest BCUT2D eigenvalue weighted by molar-refractivity contribution is 0.0912. The van der Waals surface area contributed by atoms with Gasteiger partial charge in [-0.05, 0) is 31.4 Å². The van der Waals surface area contributed by atoms with Crippen LogP contribution in [0.4, 0.5) is 4.39 Å². The van der Waals surface area contributed by atoms with E-state index < -0.39 is 11.7 Å². The number of amides is 1. The van der Waals surface area contributed by atoms with Gasteiger partial charge < -0.3 is 10.4 Å². The Bertz CT molecular complexity index is 406. The van der Waals surface area contributed by atoms with Crippen LogP contribution in [0.5, 0.6) is 0 Å². The minimum absolute atomic E-state index is 0.0161. The molecule has 1 aromatic rings. The Labute approximate surface area is 101 Å². The van der Waals surface area contributed by atoms with Crippen molar-refractivity contribution in [3.05, 3.63) is 35.1 Å². The number of aliphatic hydroxyl groups excluding tert-OH is 1. The fraction of sp³-hybridized carbons (Fsp3) is 0.462. The van der Waals surface area contributed by atoms with Crippen molar-refractivity contribution in [2.24, 2.45) is 5.92 Å². The fourth-order valence-corrected chi connectivity index (χ4v) is 1.41. The molecule has 0 aliphatic rings.